The lowest BCUT2D eigenvalue weighted by molar-refractivity contribution is -0.117. The quantitative estimate of drug-likeness (QED) is 0.938. The minimum absolute atomic E-state index is 0.127. The van der Waals surface area contributed by atoms with Crippen LogP contribution in [0.5, 0.6) is 0 Å². The van der Waals surface area contributed by atoms with Crippen LogP contribution in [0.3, 0.4) is 0 Å². The second-order valence-electron chi connectivity index (χ2n) is 5.73. The first-order valence-corrected chi connectivity index (χ1v) is 7.47. The van der Waals surface area contributed by atoms with Crippen LogP contribution in [0.15, 0.2) is 48.5 Å². The van der Waals surface area contributed by atoms with Crippen LogP contribution in [-0.4, -0.2) is 24.4 Å². The molecular formula is C18H19FN2O. The molecule has 0 bridgehead atoms. The molecule has 1 aliphatic carbocycles. The Kier molecular flexibility index (Phi) is 4.20. The van der Waals surface area contributed by atoms with E-state index in [1.54, 1.807) is 12.1 Å². The molecule has 1 unspecified atom stereocenters. The van der Waals surface area contributed by atoms with E-state index in [4.69, 9.17) is 0 Å². The molecule has 1 aliphatic rings. The monoisotopic (exact) mass is 298 g/mol. The minimum Gasteiger partial charge on any atom is -0.325 e. The van der Waals surface area contributed by atoms with Crippen LogP contribution in [0.4, 0.5) is 10.1 Å². The van der Waals surface area contributed by atoms with Gasteiger partial charge in [-0.15, -0.1) is 0 Å². The van der Waals surface area contributed by atoms with Crippen LogP contribution in [-0.2, 0) is 11.2 Å². The van der Waals surface area contributed by atoms with E-state index in [2.05, 4.69) is 28.4 Å². The van der Waals surface area contributed by atoms with Gasteiger partial charge >= 0.3 is 0 Å². The Bertz CT molecular complexity index is 686. The van der Waals surface area contributed by atoms with Gasteiger partial charge in [0.25, 0.3) is 0 Å². The van der Waals surface area contributed by atoms with Crippen LogP contribution < -0.4 is 5.32 Å². The maximum atomic E-state index is 13.1. The fraction of sp³-hybridized carbons (Fsp3) is 0.278. The zero-order chi connectivity index (χ0) is 15.5. The van der Waals surface area contributed by atoms with Crippen molar-refractivity contribution in [3.8, 4) is 0 Å². The smallest absolute Gasteiger partial charge is 0.238 e. The van der Waals surface area contributed by atoms with Crippen LogP contribution in [0.2, 0.25) is 0 Å². The van der Waals surface area contributed by atoms with Crippen molar-refractivity contribution < 1.29 is 9.18 Å². The van der Waals surface area contributed by atoms with Gasteiger partial charge in [0.1, 0.15) is 5.82 Å². The lowest BCUT2D eigenvalue weighted by Gasteiger charge is -2.24. The zero-order valence-corrected chi connectivity index (χ0v) is 12.6. The van der Waals surface area contributed by atoms with E-state index in [1.165, 1.54) is 23.3 Å². The molecule has 0 aromatic heterocycles. The normalized spacial score (nSPS) is 16.6. The summed E-state index contributed by atoms with van der Waals surface area (Å²) in [4.78, 5) is 14.2. The standard InChI is InChI=1S/C18H19FN2O/c1-21(17-10-9-13-5-2-3-8-16(13)17)12-18(22)20-15-7-4-6-14(19)11-15/h2-8,11,17H,9-10,12H2,1H3,(H,20,22). The molecule has 4 heteroatoms. The van der Waals surface area contributed by atoms with E-state index in [1.807, 2.05) is 13.1 Å². The number of hydrogen-bond donors (Lipinski definition) is 1. The summed E-state index contributed by atoms with van der Waals surface area (Å²) in [5.41, 5.74) is 3.17. The van der Waals surface area contributed by atoms with Gasteiger partial charge in [-0.25, -0.2) is 4.39 Å². The van der Waals surface area contributed by atoms with Crippen molar-refractivity contribution in [2.45, 2.75) is 18.9 Å². The average molecular weight is 298 g/mol. The summed E-state index contributed by atoms with van der Waals surface area (Å²) in [5, 5.41) is 2.74. The third-order valence-electron chi connectivity index (χ3n) is 4.13. The van der Waals surface area contributed by atoms with Crippen molar-refractivity contribution in [2.24, 2.45) is 0 Å². The Morgan fingerprint density at radius 3 is 2.91 bits per heavy atom. The summed E-state index contributed by atoms with van der Waals surface area (Å²) in [6.07, 6.45) is 2.08. The largest absolute Gasteiger partial charge is 0.325 e. The predicted octanol–water partition coefficient (Wildman–Crippen LogP) is 3.38. The third-order valence-corrected chi connectivity index (χ3v) is 4.13. The van der Waals surface area contributed by atoms with Gasteiger partial charge in [-0.1, -0.05) is 30.3 Å². The van der Waals surface area contributed by atoms with Crippen molar-refractivity contribution in [3.05, 3.63) is 65.5 Å². The number of fused-ring (bicyclic) bond motifs is 1. The summed E-state index contributed by atoms with van der Waals surface area (Å²) < 4.78 is 13.1. The summed E-state index contributed by atoms with van der Waals surface area (Å²) >= 11 is 0. The second-order valence-corrected chi connectivity index (χ2v) is 5.73. The first kappa shape index (κ1) is 14.7. The summed E-state index contributed by atoms with van der Waals surface area (Å²) in [6, 6.07) is 14.6. The Hall–Kier alpha value is -2.20. The Morgan fingerprint density at radius 1 is 1.27 bits per heavy atom. The maximum Gasteiger partial charge on any atom is 0.238 e. The molecule has 0 aliphatic heterocycles. The van der Waals surface area contributed by atoms with E-state index < -0.39 is 0 Å². The first-order valence-electron chi connectivity index (χ1n) is 7.47. The van der Waals surface area contributed by atoms with Crippen molar-refractivity contribution in [1.29, 1.82) is 0 Å². The van der Waals surface area contributed by atoms with Gasteiger partial charge in [0.15, 0.2) is 0 Å². The zero-order valence-electron chi connectivity index (χ0n) is 12.6. The molecule has 0 spiro atoms. The van der Waals surface area contributed by atoms with E-state index >= 15 is 0 Å². The van der Waals surface area contributed by atoms with Gasteiger partial charge in [-0.2, -0.15) is 0 Å². The maximum absolute atomic E-state index is 13.1. The van der Waals surface area contributed by atoms with E-state index in [0.29, 0.717) is 5.69 Å². The van der Waals surface area contributed by atoms with Gasteiger partial charge in [-0.05, 0) is 49.2 Å². The first-order chi connectivity index (χ1) is 10.6. The molecule has 0 fully saturated rings. The minimum atomic E-state index is -0.351. The van der Waals surface area contributed by atoms with E-state index in [0.717, 1.165) is 12.8 Å². The van der Waals surface area contributed by atoms with E-state index in [9.17, 15) is 9.18 Å². The van der Waals surface area contributed by atoms with Gasteiger partial charge < -0.3 is 5.32 Å². The number of carbonyl (C=O) groups excluding carboxylic acids is 1. The number of halogens is 1. The number of nitrogens with one attached hydrogen (secondary N) is 1. The third kappa shape index (κ3) is 3.17. The second kappa shape index (κ2) is 6.28. The number of likely N-dealkylation sites (N-methyl/N-ethyl adjacent to an activating group) is 1. The highest BCUT2D eigenvalue weighted by molar-refractivity contribution is 5.92. The molecule has 114 valence electrons. The molecule has 2 aromatic rings. The number of nitrogens with zero attached hydrogens (tertiary/aromatic N) is 1. The number of aryl methyl sites for hydroxylation is 1. The fourth-order valence-corrected chi connectivity index (χ4v) is 3.10. The summed E-state index contributed by atoms with van der Waals surface area (Å²) in [7, 11) is 1.96. The molecule has 0 saturated heterocycles. The lowest BCUT2D eigenvalue weighted by atomic mass is 10.1. The van der Waals surface area contributed by atoms with Crippen LogP contribution in [0, 0.1) is 5.82 Å². The molecule has 1 amide bonds. The molecule has 0 heterocycles. The number of hydrogen-bond acceptors (Lipinski definition) is 2. The van der Waals surface area contributed by atoms with Gasteiger partial charge in [0, 0.05) is 11.7 Å². The molecule has 22 heavy (non-hydrogen) atoms. The molecule has 1 N–H and O–H groups in total. The predicted molar refractivity (Wildman–Crippen MR) is 85.2 cm³/mol. The number of amides is 1. The highest BCUT2D eigenvalue weighted by atomic mass is 19.1. The molecule has 0 saturated carbocycles. The average Bonchev–Trinajstić information content (AvgIpc) is 2.91. The fourth-order valence-electron chi connectivity index (χ4n) is 3.10. The molecule has 2 aromatic carbocycles. The van der Waals surface area contributed by atoms with Gasteiger partial charge in [0.2, 0.25) is 5.91 Å². The van der Waals surface area contributed by atoms with E-state index in [-0.39, 0.29) is 24.3 Å². The number of carbonyl (C=O) groups is 1. The van der Waals surface area contributed by atoms with Crippen LogP contribution >= 0.6 is 0 Å². The number of benzene rings is 2. The van der Waals surface area contributed by atoms with Crippen molar-refractivity contribution in [3.63, 3.8) is 0 Å². The van der Waals surface area contributed by atoms with Crippen LogP contribution in [0.1, 0.15) is 23.6 Å². The Labute approximate surface area is 129 Å². The molecule has 3 rings (SSSR count). The molecule has 3 nitrogen and oxygen atoms in total. The summed E-state index contributed by atoms with van der Waals surface area (Å²) in [6.45, 7) is 0.287. The van der Waals surface area contributed by atoms with Crippen molar-refractivity contribution in [1.82, 2.24) is 4.90 Å². The molecule has 1 atom stereocenters. The highest BCUT2D eigenvalue weighted by Crippen LogP contribution is 2.34. The molecular weight excluding hydrogens is 279 g/mol. The van der Waals surface area contributed by atoms with Crippen molar-refractivity contribution >= 4 is 11.6 Å². The number of anilines is 1. The Balaban J connectivity index is 1.62. The van der Waals surface area contributed by atoms with Crippen molar-refractivity contribution in [2.75, 3.05) is 18.9 Å². The molecule has 0 radical (unpaired) electrons. The SMILES string of the molecule is CN(CC(=O)Nc1cccc(F)c1)C1CCc2ccccc21. The summed E-state index contributed by atoms with van der Waals surface area (Å²) in [5.74, 6) is -0.478. The topological polar surface area (TPSA) is 32.3 Å². The van der Waals surface area contributed by atoms with Gasteiger partial charge in [0.05, 0.1) is 6.54 Å². The number of rotatable bonds is 4. The Morgan fingerprint density at radius 2 is 2.09 bits per heavy atom. The van der Waals surface area contributed by atoms with Gasteiger partial charge in [-0.3, -0.25) is 9.69 Å². The lowest BCUT2D eigenvalue weighted by Crippen LogP contribution is -2.32. The van der Waals surface area contributed by atoms with Crippen LogP contribution in [0.25, 0.3) is 0 Å². The highest BCUT2D eigenvalue weighted by Gasteiger charge is 2.26.